The number of nitro groups is 1. The number of carbonyl (C=O) groups is 2. The van der Waals surface area contributed by atoms with Gasteiger partial charge in [-0.2, -0.15) is 0 Å². The van der Waals surface area contributed by atoms with Gasteiger partial charge in [-0.1, -0.05) is 5.10 Å². The Labute approximate surface area is 121 Å². The number of rotatable bonds is 5. The van der Waals surface area contributed by atoms with Crippen LogP contribution in [0.4, 0.5) is 5.82 Å². The van der Waals surface area contributed by atoms with E-state index in [4.69, 9.17) is 0 Å². The van der Waals surface area contributed by atoms with E-state index in [1.54, 1.807) is 6.92 Å². The number of nitrogens with zero attached hydrogens (tertiary/aromatic N) is 2. The van der Waals surface area contributed by atoms with Gasteiger partial charge in [-0.25, -0.2) is 4.79 Å². The lowest BCUT2D eigenvalue weighted by Crippen LogP contribution is -2.23. The summed E-state index contributed by atoms with van der Waals surface area (Å²) in [5, 5.41) is 18.6. The summed E-state index contributed by atoms with van der Waals surface area (Å²) >= 11 is 2.91. The molecule has 0 aromatic carbocycles. The Morgan fingerprint density at radius 1 is 1.60 bits per heavy atom. The van der Waals surface area contributed by atoms with Crippen molar-refractivity contribution in [3.8, 4) is 0 Å². The average Bonchev–Trinajstić information content (AvgIpc) is 2.70. The molecule has 0 atom stereocenters. The largest absolute Gasteiger partial charge is 0.463 e. The summed E-state index contributed by atoms with van der Waals surface area (Å²) in [5.74, 6) is -1.72. The predicted molar refractivity (Wildman–Crippen MR) is 70.8 cm³/mol. The van der Waals surface area contributed by atoms with Crippen molar-refractivity contribution in [3.05, 3.63) is 32.1 Å². The number of aromatic amines is 1. The Bertz CT molecular complexity index is 580. The van der Waals surface area contributed by atoms with Crippen molar-refractivity contribution < 1.29 is 19.2 Å². The van der Waals surface area contributed by atoms with Crippen LogP contribution in [0.5, 0.6) is 0 Å². The molecule has 2 N–H and O–H groups in total. The number of ether oxygens (including phenoxy) is 1. The number of nitrogens with one attached hydrogen (secondary N) is 2. The highest BCUT2D eigenvalue weighted by Crippen LogP contribution is 2.25. The van der Waals surface area contributed by atoms with Gasteiger partial charge in [0.15, 0.2) is 5.69 Å². The minimum atomic E-state index is -0.713. The molecule has 0 fully saturated rings. The molecule has 1 aromatic heterocycles. The Hall–Kier alpha value is -2.23. The van der Waals surface area contributed by atoms with Crippen LogP contribution in [0.1, 0.15) is 24.3 Å². The minimum absolute atomic E-state index is 0.0658. The molecular weight excluding hydrogens is 336 g/mol. The SMILES string of the molecule is CCOC(=O)/C=C(\C)NC(=O)c1n[nH]c([N+](=O)[O-])c1Br. The first-order valence-electron chi connectivity index (χ1n) is 5.41. The first kappa shape index (κ1) is 15.8. The zero-order valence-electron chi connectivity index (χ0n) is 10.6. The van der Waals surface area contributed by atoms with E-state index >= 15 is 0 Å². The Balaban J connectivity index is 2.82. The molecule has 9 nitrogen and oxygen atoms in total. The molecule has 0 saturated carbocycles. The van der Waals surface area contributed by atoms with Crippen LogP contribution in [0.15, 0.2) is 16.2 Å². The lowest BCUT2D eigenvalue weighted by molar-refractivity contribution is -0.390. The summed E-state index contributed by atoms with van der Waals surface area (Å²) in [7, 11) is 0. The second-order valence-corrected chi connectivity index (χ2v) is 4.32. The molecule has 0 bridgehead atoms. The minimum Gasteiger partial charge on any atom is -0.463 e. The van der Waals surface area contributed by atoms with Gasteiger partial charge in [-0.3, -0.25) is 4.79 Å². The fourth-order valence-corrected chi connectivity index (χ4v) is 1.73. The average molecular weight is 347 g/mol. The molecule has 0 aliphatic carbocycles. The Morgan fingerprint density at radius 2 is 2.25 bits per heavy atom. The molecule has 108 valence electrons. The second kappa shape index (κ2) is 6.80. The van der Waals surface area contributed by atoms with Crippen molar-refractivity contribution in [2.24, 2.45) is 0 Å². The van der Waals surface area contributed by atoms with Gasteiger partial charge < -0.3 is 20.2 Å². The van der Waals surface area contributed by atoms with Gasteiger partial charge in [-0.15, -0.1) is 5.10 Å². The van der Waals surface area contributed by atoms with E-state index in [0.29, 0.717) is 0 Å². The van der Waals surface area contributed by atoms with Gasteiger partial charge >= 0.3 is 11.8 Å². The highest BCUT2D eigenvalue weighted by Gasteiger charge is 2.24. The maximum absolute atomic E-state index is 11.8. The molecule has 0 aliphatic rings. The summed E-state index contributed by atoms with van der Waals surface area (Å²) in [6.07, 6.45) is 1.09. The van der Waals surface area contributed by atoms with Crippen LogP contribution >= 0.6 is 15.9 Å². The first-order chi connectivity index (χ1) is 9.36. The van der Waals surface area contributed by atoms with Gasteiger partial charge in [0.2, 0.25) is 0 Å². The highest BCUT2D eigenvalue weighted by molar-refractivity contribution is 9.10. The van der Waals surface area contributed by atoms with Crippen molar-refractivity contribution >= 4 is 33.6 Å². The third kappa shape index (κ3) is 3.88. The van der Waals surface area contributed by atoms with E-state index in [9.17, 15) is 19.7 Å². The molecule has 1 aromatic rings. The molecule has 20 heavy (non-hydrogen) atoms. The molecule has 1 rings (SSSR count). The van der Waals surface area contributed by atoms with Crippen molar-refractivity contribution in [1.82, 2.24) is 15.5 Å². The standard InChI is InChI=1S/C10H11BrN4O5/c1-3-20-6(16)4-5(2)12-10(17)8-7(11)9(14-13-8)15(18)19/h4H,3H2,1-2H3,(H,12,17)(H,13,14)/b5-4+. The number of H-pyrrole nitrogens is 1. The number of hydrogen-bond donors (Lipinski definition) is 2. The van der Waals surface area contributed by atoms with Gasteiger partial charge in [0.05, 0.1) is 6.61 Å². The van der Waals surface area contributed by atoms with Gasteiger partial charge in [0.25, 0.3) is 5.91 Å². The number of allylic oxidation sites excluding steroid dienone is 1. The fraction of sp³-hybridized carbons (Fsp3) is 0.300. The van der Waals surface area contributed by atoms with Crippen LogP contribution in [0.3, 0.4) is 0 Å². The maximum atomic E-state index is 11.8. The van der Waals surface area contributed by atoms with Gasteiger partial charge in [0, 0.05) is 11.8 Å². The molecular formula is C10H11BrN4O5. The number of carbonyl (C=O) groups excluding carboxylic acids is 2. The van der Waals surface area contributed by atoms with Crippen LogP contribution in [-0.2, 0) is 9.53 Å². The first-order valence-corrected chi connectivity index (χ1v) is 6.20. The Kier molecular flexibility index (Phi) is 5.38. The van der Waals surface area contributed by atoms with Gasteiger partial charge in [0.1, 0.15) is 4.47 Å². The lowest BCUT2D eigenvalue weighted by Gasteiger charge is -2.03. The fourth-order valence-electron chi connectivity index (χ4n) is 1.23. The summed E-state index contributed by atoms with van der Waals surface area (Å²) in [5.41, 5.74) is 0.0410. The topological polar surface area (TPSA) is 127 Å². The second-order valence-electron chi connectivity index (χ2n) is 3.53. The molecule has 1 heterocycles. The van der Waals surface area contributed by atoms with Crippen LogP contribution in [-0.4, -0.2) is 33.6 Å². The van der Waals surface area contributed by atoms with Gasteiger partial charge in [-0.05, 0) is 34.7 Å². The third-order valence-electron chi connectivity index (χ3n) is 2.02. The molecule has 0 unspecified atom stereocenters. The van der Waals surface area contributed by atoms with Crippen LogP contribution in [0, 0.1) is 10.1 Å². The molecule has 0 spiro atoms. The molecule has 0 saturated heterocycles. The smallest absolute Gasteiger partial charge is 0.357 e. The number of amides is 1. The molecule has 10 heteroatoms. The number of hydrogen-bond acceptors (Lipinski definition) is 6. The van der Waals surface area contributed by atoms with Crippen LogP contribution < -0.4 is 5.32 Å². The van der Waals surface area contributed by atoms with Crippen molar-refractivity contribution in [1.29, 1.82) is 0 Å². The summed E-state index contributed by atoms with van der Waals surface area (Å²) < 4.78 is 4.61. The van der Waals surface area contributed by atoms with Crippen molar-refractivity contribution in [2.45, 2.75) is 13.8 Å². The maximum Gasteiger partial charge on any atom is 0.357 e. The van der Waals surface area contributed by atoms with E-state index < -0.39 is 22.6 Å². The number of esters is 1. The van der Waals surface area contributed by atoms with Crippen molar-refractivity contribution in [2.75, 3.05) is 6.61 Å². The van der Waals surface area contributed by atoms with Crippen LogP contribution in [0.25, 0.3) is 0 Å². The number of halogens is 1. The summed E-state index contributed by atoms with van der Waals surface area (Å²) in [6, 6.07) is 0. The van der Waals surface area contributed by atoms with E-state index in [0.717, 1.165) is 6.08 Å². The number of aromatic nitrogens is 2. The van der Waals surface area contributed by atoms with E-state index in [1.165, 1.54) is 6.92 Å². The quantitative estimate of drug-likeness (QED) is 0.357. The highest BCUT2D eigenvalue weighted by atomic mass is 79.9. The zero-order chi connectivity index (χ0) is 15.3. The van der Waals surface area contributed by atoms with Crippen molar-refractivity contribution in [3.63, 3.8) is 0 Å². The molecule has 1 amide bonds. The molecule has 0 aliphatic heterocycles. The van der Waals surface area contributed by atoms with E-state index in [-0.39, 0.29) is 22.5 Å². The van der Waals surface area contributed by atoms with E-state index in [2.05, 4.69) is 36.2 Å². The lowest BCUT2D eigenvalue weighted by atomic mass is 10.3. The normalized spacial score (nSPS) is 11.1. The van der Waals surface area contributed by atoms with Crippen LogP contribution in [0.2, 0.25) is 0 Å². The summed E-state index contributed by atoms with van der Waals surface area (Å²) in [6.45, 7) is 3.34. The zero-order valence-corrected chi connectivity index (χ0v) is 12.2. The monoisotopic (exact) mass is 346 g/mol. The van der Waals surface area contributed by atoms with E-state index in [1.807, 2.05) is 0 Å². The Morgan fingerprint density at radius 3 is 2.75 bits per heavy atom. The summed E-state index contributed by atoms with van der Waals surface area (Å²) in [4.78, 5) is 32.9. The third-order valence-corrected chi connectivity index (χ3v) is 2.77. The predicted octanol–water partition coefficient (Wildman–Crippen LogP) is 1.28. The molecule has 0 radical (unpaired) electrons.